The molecule has 1 unspecified atom stereocenters. The van der Waals surface area contributed by atoms with Gasteiger partial charge in [0.1, 0.15) is 0 Å². The summed E-state index contributed by atoms with van der Waals surface area (Å²) in [4.78, 5) is 10.6. The third-order valence-corrected chi connectivity index (χ3v) is 2.42. The summed E-state index contributed by atoms with van der Waals surface area (Å²) in [7, 11) is 0. The standard InChI is InChI=1S/C10H11ClO3/c1-5-3-7(11)4-8(6(5)2)9(12)10(13)14/h3-4,9,12H,1-2H3,(H,13,14). The molecule has 0 heterocycles. The maximum absolute atomic E-state index is 10.6. The largest absolute Gasteiger partial charge is 0.479 e. The first-order valence-corrected chi connectivity index (χ1v) is 4.48. The number of aliphatic carboxylic acids is 1. The Morgan fingerprint density at radius 2 is 2.00 bits per heavy atom. The van der Waals surface area contributed by atoms with E-state index in [1.54, 1.807) is 13.0 Å². The van der Waals surface area contributed by atoms with Gasteiger partial charge in [-0.1, -0.05) is 11.6 Å². The zero-order valence-corrected chi connectivity index (χ0v) is 8.67. The van der Waals surface area contributed by atoms with E-state index in [0.29, 0.717) is 10.6 Å². The van der Waals surface area contributed by atoms with Crippen LogP contribution in [0.15, 0.2) is 12.1 Å². The quantitative estimate of drug-likeness (QED) is 0.793. The Morgan fingerprint density at radius 3 is 2.50 bits per heavy atom. The van der Waals surface area contributed by atoms with Gasteiger partial charge in [0.2, 0.25) is 0 Å². The van der Waals surface area contributed by atoms with E-state index in [1.807, 2.05) is 6.92 Å². The minimum atomic E-state index is -1.51. The van der Waals surface area contributed by atoms with Crippen molar-refractivity contribution in [2.75, 3.05) is 0 Å². The van der Waals surface area contributed by atoms with Crippen LogP contribution in [-0.2, 0) is 4.79 Å². The van der Waals surface area contributed by atoms with Gasteiger partial charge in [-0.25, -0.2) is 4.79 Å². The highest BCUT2D eigenvalue weighted by atomic mass is 35.5. The number of benzene rings is 1. The molecule has 0 aliphatic heterocycles. The van der Waals surface area contributed by atoms with Crippen LogP contribution < -0.4 is 0 Å². The van der Waals surface area contributed by atoms with E-state index in [-0.39, 0.29) is 0 Å². The molecule has 0 saturated carbocycles. The van der Waals surface area contributed by atoms with Gasteiger partial charge in [0.25, 0.3) is 0 Å². The predicted octanol–water partition coefficient (Wildman–Crippen LogP) is 2.07. The summed E-state index contributed by atoms with van der Waals surface area (Å²) < 4.78 is 0. The Bertz CT molecular complexity index is 374. The van der Waals surface area contributed by atoms with Crippen molar-refractivity contribution in [1.82, 2.24) is 0 Å². The summed E-state index contributed by atoms with van der Waals surface area (Å²) in [5, 5.41) is 18.5. The van der Waals surface area contributed by atoms with Crippen molar-refractivity contribution in [2.45, 2.75) is 20.0 Å². The maximum atomic E-state index is 10.6. The van der Waals surface area contributed by atoms with Crippen LogP contribution in [0, 0.1) is 13.8 Å². The lowest BCUT2D eigenvalue weighted by Crippen LogP contribution is -2.12. The lowest BCUT2D eigenvalue weighted by Gasteiger charge is -2.12. The normalized spacial score (nSPS) is 12.6. The number of aliphatic hydroxyl groups is 1. The molecule has 0 saturated heterocycles. The van der Waals surface area contributed by atoms with Crippen LogP contribution in [0.5, 0.6) is 0 Å². The number of hydrogen-bond donors (Lipinski definition) is 2. The van der Waals surface area contributed by atoms with Gasteiger partial charge in [0.05, 0.1) is 0 Å². The lowest BCUT2D eigenvalue weighted by atomic mass is 9.99. The molecule has 0 aromatic heterocycles. The van der Waals surface area contributed by atoms with E-state index in [0.717, 1.165) is 11.1 Å². The van der Waals surface area contributed by atoms with Crippen molar-refractivity contribution in [3.8, 4) is 0 Å². The van der Waals surface area contributed by atoms with E-state index >= 15 is 0 Å². The fourth-order valence-electron chi connectivity index (χ4n) is 1.26. The maximum Gasteiger partial charge on any atom is 0.337 e. The molecule has 0 aliphatic carbocycles. The van der Waals surface area contributed by atoms with E-state index in [1.165, 1.54) is 6.07 Å². The number of hydrogen-bond acceptors (Lipinski definition) is 2. The van der Waals surface area contributed by atoms with Crippen molar-refractivity contribution in [2.24, 2.45) is 0 Å². The van der Waals surface area contributed by atoms with Gasteiger partial charge in [0.15, 0.2) is 6.10 Å². The summed E-state index contributed by atoms with van der Waals surface area (Å²) in [6.07, 6.45) is -1.51. The van der Waals surface area contributed by atoms with Crippen LogP contribution in [0.3, 0.4) is 0 Å². The Kier molecular flexibility index (Phi) is 3.13. The van der Waals surface area contributed by atoms with E-state index in [9.17, 15) is 9.90 Å². The summed E-state index contributed by atoms with van der Waals surface area (Å²) >= 11 is 5.77. The van der Waals surface area contributed by atoms with E-state index < -0.39 is 12.1 Å². The topological polar surface area (TPSA) is 57.5 Å². The number of carboxylic acid groups (broad SMARTS) is 1. The van der Waals surface area contributed by atoms with Gasteiger partial charge in [-0.3, -0.25) is 0 Å². The fraction of sp³-hybridized carbons (Fsp3) is 0.300. The molecule has 1 rings (SSSR count). The molecule has 1 atom stereocenters. The van der Waals surface area contributed by atoms with E-state index in [2.05, 4.69) is 0 Å². The third kappa shape index (κ3) is 2.05. The zero-order chi connectivity index (χ0) is 10.9. The molecule has 0 radical (unpaired) electrons. The highest BCUT2D eigenvalue weighted by Gasteiger charge is 2.19. The molecule has 0 aliphatic rings. The molecule has 2 N–H and O–H groups in total. The smallest absolute Gasteiger partial charge is 0.337 e. The molecule has 76 valence electrons. The van der Waals surface area contributed by atoms with Crippen molar-refractivity contribution in [1.29, 1.82) is 0 Å². The lowest BCUT2D eigenvalue weighted by molar-refractivity contribution is -0.147. The number of rotatable bonds is 2. The summed E-state index contributed by atoms with van der Waals surface area (Å²) in [6.45, 7) is 3.58. The number of carbonyl (C=O) groups is 1. The van der Waals surface area contributed by atoms with Gasteiger partial charge in [-0.15, -0.1) is 0 Å². The predicted molar refractivity (Wildman–Crippen MR) is 53.5 cm³/mol. The molecular formula is C10H11ClO3. The number of carboxylic acids is 1. The fourth-order valence-corrected chi connectivity index (χ4v) is 1.54. The van der Waals surface area contributed by atoms with Crippen LogP contribution in [0.4, 0.5) is 0 Å². The number of aliphatic hydroxyl groups excluding tert-OH is 1. The second-order valence-electron chi connectivity index (χ2n) is 3.18. The average molecular weight is 215 g/mol. The second-order valence-corrected chi connectivity index (χ2v) is 3.61. The summed E-state index contributed by atoms with van der Waals surface area (Å²) in [5.41, 5.74) is 1.97. The minimum absolute atomic E-state index is 0.350. The molecule has 1 aromatic rings. The summed E-state index contributed by atoms with van der Waals surface area (Å²) in [6, 6.07) is 3.21. The van der Waals surface area contributed by atoms with Gasteiger partial charge in [-0.05, 0) is 42.7 Å². The highest BCUT2D eigenvalue weighted by molar-refractivity contribution is 6.30. The van der Waals surface area contributed by atoms with Crippen LogP contribution in [-0.4, -0.2) is 16.2 Å². The third-order valence-electron chi connectivity index (χ3n) is 2.20. The van der Waals surface area contributed by atoms with Crippen LogP contribution >= 0.6 is 11.6 Å². The molecule has 0 amide bonds. The van der Waals surface area contributed by atoms with Crippen LogP contribution in [0.1, 0.15) is 22.8 Å². The molecule has 14 heavy (non-hydrogen) atoms. The first kappa shape index (κ1) is 11.0. The molecule has 0 bridgehead atoms. The average Bonchev–Trinajstić information content (AvgIpc) is 2.09. The molecule has 0 fully saturated rings. The molecule has 3 nitrogen and oxygen atoms in total. The van der Waals surface area contributed by atoms with Crippen LogP contribution in [0.2, 0.25) is 5.02 Å². The van der Waals surface area contributed by atoms with Crippen molar-refractivity contribution in [3.63, 3.8) is 0 Å². The Hall–Kier alpha value is -1.06. The molecular weight excluding hydrogens is 204 g/mol. The van der Waals surface area contributed by atoms with Crippen molar-refractivity contribution >= 4 is 17.6 Å². The van der Waals surface area contributed by atoms with Crippen molar-refractivity contribution in [3.05, 3.63) is 33.8 Å². The van der Waals surface area contributed by atoms with Crippen molar-refractivity contribution < 1.29 is 15.0 Å². The van der Waals surface area contributed by atoms with Gasteiger partial charge in [0, 0.05) is 5.02 Å². The number of aryl methyl sites for hydroxylation is 1. The minimum Gasteiger partial charge on any atom is -0.479 e. The second kappa shape index (κ2) is 3.98. The highest BCUT2D eigenvalue weighted by Crippen LogP contribution is 2.25. The molecule has 4 heteroatoms. The zero-order valence-electron chi connectivity index (χ0n) is 7.91. The molecule has 1 aromatic carbocycles. The monoisotopic (exact) mass is 214 g/mol. The van der Waals surface area contributed by atoms with Gasteiger partial charge >= 0.3 is 5.97 Å². The first-order valence-electron chi connectivity index (χ1n) is 4.11. The van der Waals surface area contributed by atoms with Gasteiger partial charge in [-0.2, -0.15) is 0 Å². The van der Waals surface area contributed by atoms with Gasteiger partial charge < -0.3 is 10.2 Å². The Labute approximate surface area is 86.9 Å². The first-order chi connectivity index (χ1) is 6.43. The Balaban J connectivity index is 3.26. The Morgan fingerprint density at radius 1 is 1.43 bits per heavy atom. The molecule has 0 spiro atoms. The van der Waals surface area contributed by atoms with E-state index in [4.69, 9.17) is 16.7 Å². The summed E-state index contributed by atoms with van der Waals surface area (Å²) in [5.74, 6) is -1.27. The SMILES string of the molecule is Cc1cc(Cl)cc(C(O)C(=O)O)c1C. The van der Waals surface area contributed by atoms with Crippen LogP contribution in [0.25, 0.3) is 0 Å². The number of halogens is 1.